The quantitative estimate of drug-likeness (QED) is 0.0247. The maximum absolute atomic E-state index is 7.68. The second-order valence-corrected chi connectivity index (χ2v) is 57.6. The van der Waals surface area contributed by atoms with Gasteiger partial charge >= 0.3 is 35.2 Å². The minimum Gasteiger partial charge on any atom is -0.455 e. The molecular weight excluding hydrogens is 1080 g/mol. The average Bonchev–Trinajstić information content (AvgIpc) is 3.32. The van der Waals surface area contributed by atoms with Crippen molar-refractivity contribution in [3.63, 3.8) is 0 Å². The van der Waals surface area contributed by atoms with Gasteiger partial charge in [-0.05, 0) is 135 Å². The molecule has 0 fully saturated rings. The van der Waals surface area contributed by atoms with Crippen LogP contribution in [0, 0.1) is 0 Å². The Hall–Kier alpha value is 1.35. The molecule has 0 heterocycles. The summed E-state index contributed by atoms with van der Waals surface area (Å²) in [7, 11) is -6.92. The first kappa shape index (κ1) is 74.4. The van der Waals surface area contributed by atoms with Crippen LogP contribution in [-0.4, -0.2) is 154 Å². The first-order chi connectivity index (χ1) is 34.3. The van der Waals surface area contributed by atoms with Crippen molar-refractivity contribution in [1.29, 1.82) is 0 Å². The first-order valence-corrected chi connectivity index (χ1v) is 51.6. The molecule has 0 bridgehead atoms. The standard InChI is InChI=1S/C49H118O15Si9/c1-21-59-60-40-33-29-25-23-22-24-26-30-34-41-65(11,12)61-66(13,14)42-35-31-27-28-32-36-46-73(62-67(15,16)43-37-47-70(50-2,51-3)52-4,63-68(17,18)44-38-48-71(53-5,54-6)55-7)64-69(19,20)45-39-49-72(56-8,57-9)58-10/h21-49H2,1-20H3. The van der Waals surface area contributed by atoms with Crippen molar-refractivity contribution in [2.24, 2.45) is 0 Å². The summed E-state index contributed by atoms with van der Waals surface area (Å²) in [6.07, 6.45) is 21.3. The predicted molar refractivity (Wildman–Crippen MR) is 322 cm³/mol. The highest BCUT2D eigenvalue weighted by atomic mass is 28.5. The Morgan fingerprint density at radius 3 is 0.712 bits per heavy atom. The van der Waals surface area contributed by atoms with Crippen LogP contribution in [0.15, 0.2) is 0 Å². The molecule has 0 amide bonds. The molecule has 0 aliphatic carbocycles. The molecule has 0 aromatic heterocycles. The van der Waals surface area contributed by atoms with E-state index in [1.807, 2.05) is 6.92 Å². The molecule has 15 nitrogen and oxygen atoms in total. The SMILES string of the molecule is CCOOCCCCCCCCCCC[Si](C)(C)O[Si](C)(C)CCCCCCCC[Si](O[Si](C)(C)CCC[Si](OC)(OC)OC)(O[Si](C)(C)CCC[Si](OC)(OC)OC)O[Si](C)(C)CCC[Si](OC)(OC)OC. The molecule has 0 saturated carbocycles. The fourth-order valence-electron chi connectivity index (χ4n) is 10.0. The van der Waals surface area contributed by atoms with E-state index in [1.54, 1.807) is 64.0 Å². The summed E-state index contributed by atoms with van der Waals surface area (Å²) < 4.78 is 82.5. The van der Waals surface area contributed by atoms with E-state index in [0.717, 1.165) is 80.8 Å². The highest BCUT2D eigenvalue weighted by Gasteiger charge is 2.53. The van der Waals surface area contributed by atoms with Crippen LogP contribution in [0.2, 0.25) is 120 Å². The van der Waals surface area contributed by atoms with E-state index in [1.165, 1.54) is 89.1 Å². The lowest BCUT2D eigenvalue weighted by molar-refractivity contribution is -0.291. The molecule has 0 aliphatic rings. The van der Waals surface area contributed by atoms with Gasteiger partial charge < -0.3 is 56.3 Å². The van der Waals surface area contributed by atoms with Crippen LogP contribution in [-0.2, 0) is 66.1 Å². The maximum atomic E-state index is 7.68. The zero-order valence-electron chi connectivity index (χ0n) is 51.1. The largest absolute Gasteiger partial charge is 0.500 e. The molecule has 0 unspecified atom stereocenters. The van der Waals surface area contributed by atoms with Crippen molar-refractivity contribution in [2.45, 2.75) is 242 Å². The zero-order valence-corrected chi connectivity index (χ0v) is 60.1. The van der Waals surface area contributed by atoms with Gasteiger partial charge in [0.2, 0.25) is 0 Å². The third-order valence-electron chi connectivity index (χ3n) is 14.2. The molecule has 0 saturated heterocycles. The highest BCUT2D eigenvalue weighted by Crippen LogP contribution is 2.37. The van der Waals surface area contributed by atoms with Gasteiger partial charge in [-0.1, -0.05) is 83.5 Å². The smallest absolute Gasteiger partial charge is 0.455 e. The summed E-state index contributed by atoms with van der Waals surface area (Å²) in [5.74, 6) is 0. The van der Waals surface area contributed by atoms with Crippen molar-refractivity contribution in [3.8, 4) is 0 Å². The van der Waals surface area contributed by atoms with E-state index in [-0.39, 0.29) is 0 Å². The molecule has 0 aromatic rings. The molecule has 73 heavy (non-hydrogen) atoms. The van der Waals surface area contributed by atoms with Gasteiger partial charge in [0.15, 0.2) is 41.6 Å². The summed E-state index contributed by atoms with van der Waals surface area (Å²) in [6.45, 7) is 27.1. The minimum absolute atomic E-state index is 0.619. The number of rotatable bonds is 52. The van der Waals surface area contributed by atoms with Crippen LogP contribution in [0.3, 0.4) is 0 Å². The normalized spacial score (nSPS) is 14.0. The van der Waals surface area contributed by atoms with Gasteiger partial charge in [0.1, 0.15) is 0 Å². The lowest BCUT2D eigenvalue weighted by Gasteiger charge is -2.45. The average molecular weight is 1200 g/mol. The molecule has 0 aliphatic heterocycles. The summed E-state index contributed by atoms with van der Waals surface area (Å²) in [5.41, 5.74) is 0. The van der Waals surface area contributed by atoms with Gasteiger partial charge in [0.25, 0.3) is 0 Å². The molecular formula is C49H118O15Si9. The molecule has 0 N–H and O–H groups in total. The molecule has 0 atom stereocenters. The van der Waals surface area contributed by atoms with Crippen molar-refractivity contribution in [2.75, 3.05) is 77.2 Å². The van der Waals surface area contributed by atoms with Crippen LogP contribution < -0.4 is 0 Å². The number of hydrogen-bond acceptors (Lipinski definition) is 15. The van der Waals surface area contributed by atoms with E-state index in [0.29, 0.717) is 13.2 Å². The van der Waals surface area contributed by atoms with Gasteiger partial charge in [-0.2, -0.15) is 0 Å². The molecule has 0 radical (unpaired) electrons. The van der Waals surface area contributed by atoms with Crippen LogP contribution >= 0.6 is 0 Å². The van der Waals surface area contributed by atoms with E-state index < -0.39 is 76.8 Å². The highest BCUT2D eigenvalue weighted by molar-refractivity contribution is 6.91. The summed E-state index contributed by atoms with van der Waals surface area (Å²) in [5, 5.41) is 0. The van der Waals surface area contributed by atoms with E-state index in [9.17, 15) is 0 Å². The fourth-order valence-corrected chi connectivity index (χ4v) is 43.2. The Labute approximate surface area is 459 Å². The topological polar surface area (TPSA) is 138 Å². The fraction of sp³-hybridized carbons (Fsp3) is 1.00. The third kappa shape index (κ3) is 33.6. The van der Waals surface area contributed by atoms with Gasteiger partial charge in [-0.25, -0.2) is 9.78 Å². The van der Waals surface area contributed by atoms with E-state index in [4.69, 9.17) is 66.1 Å². The second-order valence-electron chi connectivity index (χ2n) is 23.1. The van der Waals surface area contributed by atoms with Crippen molar-refractivity contribution in [3.05, 3.63) is 0 Å². The lowest BCUT2D eigenvalue weighted by Crippen LogP contribution is -2.62. The monoisotopic (exact) mass is 1200 g/mol. The Kier molecular flexibility index (Phi) is 39.6. The van der Waals surface area contributed by atoms with Gasteiger partial charge in [0, 0.05) is 88.2 Å². The zero-order chi connectivity index (χ0) is 55.6. The first-order valence-electron chi connectivity index (χ1n) is 28.3. The molecule has 0 spiro atoms. The second kappa shape index (κ2) is 38.9. The molecule has 0 rings (SSSR count). The Morgan fingerprint density at radius 1 is 0.219 bits per heavy atom. The molecule has 24 heteroatoms. The number of hydrogen-bond donors (Lipinski definition) is 0. The van der Waals surface area contributed by atoms with Crippen molar-refractivity contribution >= 4 is 76.8 Å². The van der Waals surface area contributed by atoms with Gasteiger partial charge in [-0.3, -0.25) is 0 Å². The summed E-state index contributed by atoms with van der Waals surface area (Å²) >= 11 is 0. The Balaban J connectivity index is 5.95. The van der Waals surface area contributed by atoms with Crippen LogP contribution in [0.1, 0.15) is 122 Å². The Morgan fingerprint density at radius 2 is 0.438 bits per heavy atom. The minimum atomic E-state index is -3.29. The maximum Gasteiger partial charge on any atom is 0.500 e. The van der Waals surface area contributed by atoms with Crippen LogP contribution in [0.25, 0.3) is 0 Å². The summed E-state index contributed by atoms with van der Waals surface area (Å²) in [6, 6.07) is 8.22. The van der Waals surface area contributed by atoms with Crippen LogP contribution in [0.5, 0.6) is 0 Å². The van der Waals surface area contributed by atoms with E-state index in [2.05, 4.69) is 65.5 Å². The van der Waals surface area contributed by atoms with E-state index >= 15 is 0 Å². The molecule has 0 aromatic carbocycles. The van der Waals surface area contributed by atoms with Gasteiger partial charge in [0.05, 0.1) is 13.2 Å². The Bertz CT molecular complexity index is 1220. The summed E-state index contributed by atoms with van der Waals surface area (Å²) in [4.78, 5) is 10.1. The van der Waals surface area contributed by atoms with Crippen molar-refractivity contribution in [1.82, 2.24) is 0 Å². The third-order valence-corrected chi connectivity index (χ3v) is 46.2. The van der Waals surface area contributed by atoms with Crippen molar-refractivity contribution < 1.29 is 66.1 Å². The lowest BCUT2D eigenvalue weighted by atomic mass is 10.1. The number of unbranched alkanes of at least 4 members (excludes halogenated alkanes) is 13. The van der Waals surface area contributed by atoms with Crippen LogP contribution in [0.4, 0.5) is 0 Å². The molecule has 440 valence electrons. The predicted octanol–water partition coefficient (Wildman–Crippen LogP) is 14.6. The van der Waals surface area contributed by atoms with Gasteiger partial charge in [-0.15, -0.1) is 0 Å².